The summed E-state index contributed by atoms with van der Waals surface area (Å²) in [7, 11) is 0. The van der Waals surface area contributed by atoms with Crippen LogP contribution < -0.4 is 16.4 Å². The maximum absolute atomic E-state index is 12.5. The van der Waals surface area contributed by atoms with Gasteiger partial charge in [-0.25, -0.2) is 0 Å². The fourth-order valence-electron chi connectivity index (χ4n) is 3.28. The molecule has 4 N–H and O–H groups in total. The van der Waals surface area contributed by atoms with E-state index in [1.807, 2.05) is 31.2 Å². The van der Waals surface area contributed by atoms with E-state index in [0.717, 1.165) is 23.4 Å². The molecule has 0 radical (unpaired) electrons. The second-order valence-corrected chi connectivity index (χ2v) is 8.13. The van der Waals surface area contributed by atoms with Gasteiger partial charge in [-0.2, -0.15) is 0 Å². The highest BCUT2D eigenvalue weighted by Crippen LogP contribution is 2.28. The SMILES string of the molecule is CC(=O)Nc1ccc(SC(C)C(=O)NC(CN)C2CCCCC2)cc1.Cl. The molecule has 1 aliphatic carbocycles. The number of nitrogens with one attached hydrogen (secondary N) is 2. The number of amides is 2. The van der Waals surface area contributed by atoms with Gasteiger partial charge < -0.3 is 16.4 Å². The van der Waals surface area contributed by atoms with Crippen molar-refractivity contribution in [2.75, 3.05) is 11.9 Å². The van der Waals surface area contributed by atoms with Crippen LogP contribution in [-0.4, -0.2) is 29.7 Å². The summed E-state index contributed by atoms with van der Waals surface area (Å²) in [5, 5.41) is 5.70. The van der Waals surface area contributed by atoms with Crippen LogP contribution in [0.1, 0.15) is 46.0 Å². The van der Waals surface area contributed by atoms with Gasteiger partial charge in [0.2, 0.25) is 11.8 Å². The van der Waals surface area contributed by atoms with Gasteiger partial charge in [-0.1, -0.05) is 19.3 Å². The average Bonchev–Trinajstić information content (AvgIpc) is 2.61. The lowest BCUT2D eigenvalue weighted by molar-refractivity contribution is -0.121. The molecule has 146 valence electrons. The van der Waals surface area contributed by atoms with Crippen LogP contribution in [0.4, 0.5) is 5.69 Å². The van der Waals surface area contributed by atoms with Crippen molar-refractivity contribution >= 4 is 41.7 Å². The first-order chi connectivity index (χ1) is 12.0. The quantitative estimate of drug-likeness (QED) is 0.612. The van der Waals surface area contributed by atoms with E-state index in [1.54, 1.807) is 0 Å². The third kappa shape index (κ3) is 7.17. The fourth-order valence-corrected chi connectivity index (χ4v) is 4.16. The van der Waals surface area contributed by atoms with Gasteiger partial charge in [-0.3, -0.25) is 9.59 Å². The molecule has 7 heteroatoms. The first-order valence-electron chi connectivity index (χ1n) is 9.04. The lowest BCUT2D eigenvalue weighted by Gasteiger charge is -2.30. The van der Waals surface area contributed by atoms with E-state index in [0.29, 0.717) is 12.5 Å². The Morgan fingerprint density at radius 2 is 1.81 bits per heavy atom. The van der Waals surface area contributed by atoms with Crippen molar-refractivity contribution < 1.29 is 9.59 Å². The van der Waals surface area contributed by atoms with Crippen LogP contribution in [0.25, 0.3) is 0 Å². The van der Waals surface area contributed by atoms with Crippen LogP contribution >= 0.6 is 24.2 Å². The van der Waals surface area contributed by atoms with E-state index in [1.165, 1.54) is 37.9 Å². The molecule has 1 aromatic rings. The number of hydrogen-bond acceptors (Lipinski definition) is 4. The highest BCUT2D eigenvalue weighted by atomic mass is 35.5. The molecule has 2 rings (SSSR count). The molecule has 0 bridgehead atoms. The Balaban J connectivity index is 0.00000338. The van der Waals surface area contributed by atoms with E-state index in [-0.39, 0.29) is 35.5 Å². The van der Waals surface area contributed by atoms with Gasteiger partial charge in [0.15, 0.2) is 0 Å². The van der Waals surface area contributed by atoms with Crippen LogP contribution in [0, 0.1) is 5.92 Å². The highest BCUT2D eigenvalue weighted by Gasteiger charge is 2.25. The van der Waals surface area contributed by atoms with Crippen molar-refractivity contribution in [2.24, 2.45) is 11.7 Å². The summed E-state index contributed by atoms with van der Waals surface area (Å²) in [6.45, 7) is 3.89. The van der Waals surface area contributed by atoms with Crippen molar-refractivity contribution in [3.8, 4) is 0 Å². The van der Waals surface area contributed by atoms with Crippen LogP contribution in [-0.2, 0) is 9.59 Å². The minimum Gasteiger partial charge on any atom is -0.351 e. The van der Waals surface area contributed by atoms with Crippen LogP contribution in [0.3, 0.4) is 0 Å². The maximum Gasteiger partial charge on any atom is 0.233 e. The second-order valence-electron chi connectivity index (χ2n) is 6.71. The molecule has 26 heavy (non-hydrogen) atoms. The zero-order valence-corrected chi connectivity index (χ0v) is 17.1. The number of halogens is 1. The van der Waals surface area contributed by atoms with E-state index in [9.17, 15) is 9.59 Å². The predicted octanol–water partition coefficient (Wildman–Crippen LogP) is 3.57. The van der Waals surface area contributed by atoms with Gasteiger partial charge in [0.05, 0.1) is 5.25 Å². The van der Waals surface area contributed by atoms with E-state index < -0.39 is 0 Å². The molecule has 2 unspecified atom stereocenters. The summed E-state index contributed by atoms with van der Waals surface area (Å²) in [6, 6.07) is 7.61. The standard InChI is InChI=1S/C19H29N3O2S.ClH/c1-13(25-17-10-8-16(9-11-17)21-14(2)23)19(24)22-18(12-20)15-6-4-3-5-7-15;/h8-11,13,15,18H,3-7,12,20H2,1-2H3,(H,21,23)(H,22,24);1H. The van der Waals surface area contributed by atoms with Crippen molar-refractivity contribution in [1.82, 2.24) is 5.32 Å². The van der Waals surface area contributed by atoms with Crippen molar-refractivity contribution in [1.29, 1.82) is 0 Å². The molecule has 2 atom stereocenters. The first kappa shape index (κ1) is 22.8. The molecular formula is C19H30ClN3O2S. The molecule has 1 aromatic carbocycles. The molecule has 0 aromatic heterocycles. The summed E-state index contributed by atoms with van der Waals surface area (Å²) in [4.78, 5) is 24.6. The number of hydrogen-bond donors (Lipinski definition) is 3. The Bertz CT molecular complexity index is 577. The Kier molecular flexibility index (Phi) is 10.1. The molecule has 0 heterocycles. The van der Waals surface area contributed by atoms with Crippen LogP contribution in [0.15, 0.2) is 29.2 Å². The zero-order valence-electron chi connectivity index (χ0n) is 15.5. The van der Waals surface area contributed by atoms with Gasteiger partial charge >= 0.3 is 0 Å². The van der Waals surface area contributed by atoms with Gasteiger partial charge in [0.1, 0.15) is 0 Å². The average molecular weight is 400 g/mol. The number of rotatable bonds is 7. The van der Waals surface area contributed by atoms with E-state index in [4.69, 9.17) is 5.73 Å². The summed E-state index contributed by atoms with van der Waals surface area (Å²) in [5.74, 6) is 0.456. The number of benzene rings is 1. The van der Waals surface area contributed by atoms with Gasteiger partial charge in [0.25, 0.3) is 0 Å². The first-order valence-corrected chi connectivity index (χ1v) is 9.92. The zero-order chi connectivity index (χ0) is 18.2. The molecule has 1 aliphatic rings. The summed E-state index contributed by atoms with van der Waals surface area (Å²) in [5.41, 5.74) is 6.66. The fraction of sp³-hybridized carbons (Fsp3) is 0.579. The third-order valence-corrected chi connectivity index (χ3v) is 5.77. The minimum atomic E-state index is -0.191. The maximum atomic E-state index is 12.5. The van der Waals surface area contributed by atoms with Crippen molar-refractivity contribution in [2.45, 2.75) is 62.1 Å². The molecule has 1 fully saturated rings. The molecule has 5 nitrogen and oxygen atoms in total. The number of carbonyl (C=O) groups is 2. The lowest BCUT2D eigenvalue weighted by Crippen LogP contribution is -2.48. The summed E-state index contributed by atoms with van der Waals surface area (Å²) >= 11 is 1.51. The smallest absolute Gasteiger partial charge is 0.233 e. The Hall–Kier alpha value is -1.24. The minimum absolute atomic E-state index is 0. The van der Waals surface area contributed by atoms with Gasteiger partial charge in [-0.15, -0.1) is 24.2 Å². The van der Waals surface area contributed by atoms with Crippen LogP contribution in [0.5, 0.6) is 0 Å². The molecule has 1 saturated carbocycles. The number of nitrogens with two attached hydrogens (primary N) is 1. The monoisotopic (exact) mass is 399 g/mol. The normalized spacial score (nSPS) is 16.9. The lowest BCUT2D eigenvalue weighted by atomic mass is 9.84. The largest absolute Gasteiger partial charge is 0.351 e. The van der Waals surface area contributed by atoms with E-state index >= 15 is 0 Å². The molecular weight excluding hydrogens is 370 g/mol. The van der Waals surface area contributed by atoms with Gasteiger partial charge in [-0.05, 0) is 49.9 Å². The van der Waals surface area contributed by atoms with Gasteiger partial charge in [0, 0.05) is 30.1 Å². The topological polar surface area (TPSA) is 84.2 Å². The Morgan fingerprint density at radius 1 is 1.19 bits per heavy atom. The van der Waals surface area contributed by atoms with Crippen molar-refractivity contribution in [3.05, 3.63) is 24.3 Å². The number of carbonyl (C=O) groups excluding carboxylic acids is 2. The summed E-state index contributed by atoms with van der Waals surface area (Å²) < 4.78 is 0. The molecule has 0 aliphatic heterocycles. The van der Waals surface area contributed by atoms with Crippen LogP contribution in [0.2, 0.25) is 0 Å². The highest BCUT2D eigenvalue weighted by molar-refractivity contribution is 8.00. The predicted molar refractivity (Wildman–Crippen MR) is 111 cm³/mol. The molecule has 0 spiro atoms. The molecule has 0 saturated heterocycles. The third-order valence-electron chi connectivity index (χ3n) is 4.66. The summed E-state index contributed by atoms with van der Waals surface area (Å²) in [6.07, 6.45) is 6.09. The Labute approximate surface area is 166 Å². The Morgan fingerprint density at radius 3 is 2.35 bits per heavy atom. The second kappa shape index (κ2) is 11.5. The molecule has 2 amide bonds. The van der Waals surface area contributed by atoms with E-state index in [2.05, 4.69) is 10.6 Å². The number of thioether (sulfide) groups is 1. The van der Waals surface area contributed by atoms with Crippen molar-refractivity contribution in [3.63, 3.8) is 0 Å². The number of anilines is 1.